The number of hydrogen-bond acceptors (Lipinski definition) is 4. The fraction of sp³-hybridized carbons (Fsp3) is 0.786. The van der Waals surface area contributed by atoms with Gasteiger partial charge in [-0.3, -0.25) is 0 Å². The molecule has 18 heavy (non-hydrogen) atoms. The number of aromatic nitrogens is 1. The first-order valence-electron chi connectivity index (χ1n) is 7.17. The number of nitrogens with one attached hydrogen (secondary N) is 1. The van der Waals surface area contributed by atoms with Gasteiger partial charge in [0.25, 0.3) is 0 Å². The molecule has 0 amide bonds. The van der Waals surface area contributed by atoms with Crippen molar-refractivity contribution in [1.82, 2.24) is 10.3 Å². The topological polar surface area (TPSA) is 28.2 Å². The fourth-order valence-corrected chi connectivity index (χ4v) is 3.15. The van der Waals surface area contributed by atoms with Crippen LogP contribution in [-0.4, -0.2) is 23.6 Å². The molecular formula is C14H23N3S. The Morgan fingerprint density at radius 1 is 1.39 bits per heavy atom. The summed E-state index contributed by atoms with van der Waals surface area (Å²) in [5.41, 5.74) is 0. The van der Waals surface area contributed by atoms with Crippen LogP contribution in [0.4, 0.5) is 5.13 Å². The van der Waals surface area contributed by atoms with Crippen molar-refractivity contribution >= 4 is 16.5 Å². The van der Waals surface area contributed by atoms with Crippen LogP contribution in [0.1, 0.15) is 44.4 Å². The van der Waals surface area contributed by atoms with Crippen LogP contribution in [0.2, 0.25) is 0 Å². The van der Waals surface area contributed by atoms with E-state index >= 15 is 0 Å². The summed E-state index contributed by atoms with van der Waals surface area (Å²) in [6, 6.07) is 1.55. The summed E-state index contributed by atoms with van der Waals surface area (Å²) in [6.07, 6.45) is 7.47. The highest BCUT2D eigenvalue weighted by Gasteiger charge is 2.31. The number of nitrogens with zero attached hydrogens (tertiary/aromatic N) is 2. The molecule has 1 heterocycles. The monoisotopic (exact) mass is 265 g/mol. The summed E-state index contributed by atoms with van der Waals surface area (Å²) in [4.78, 5) is 8.54. The summed E-state index contributed by atoms with van der Waals surface area (Å²) < 4.78 is 0. The second-order valence-corrected chi connectivity index (χ2v) is 7.14. The first-order valence-corrected chi connectivity index (χ1v) is 7.98. The van der Waals surface area contributed by atoms with Gasteiger partial charge in [-0.05, 0) is 31.6 Å². The van der Waals surface area contributed by atoms with Gasteiger partial charge in [-0.2, -0.15) is 0 Å². The van der Waals surface area contributed by atoms with Gasteiger partial charge in [0.1, 0.15) is 0 Å². The van der Waals surface area contributed by atoms with E-state index in [1.165, 1.54) is 35.7 Å². The van der Waals surface area contributed by atoms with Crippen LogP contribution in [0.3, 0.4) is 0 Å². The summed E-state index contributed by atoms with van der Waals surface area (Å²) in [5.74, 6) is 0.711. The van der Waals surface area contributed by atoms with Gasteiger partial charge in [0, 0.05) is 36.2 Å². The van der Waals surface area contributed by atoms with Gasteiger partial charge in [-0.1, -0.05) is 13.8 Å². The highest BCUT2D eigenvalue weighted by molar-refractivity contribution is 7.15. The lowest BCUT2D eigenvalue weighted by molar-refractivity contribution is 0.606. The van der Waals surface area contributed by atoms with Crippen molar-refractivity contribution in [2.75, 3.05) is 11.4 Å². The van der Waals surface area contributed by atoms with Crippen molar-refractivity contribution in [2.24, 2.45) is 5.92 Å². The smallest absolute Gasteiger partial charge is 0.185 e. The molecule has 0 unspecified atom stereocenters. The normalized spacial score (nSPS) is 19.5. The Balaban J connectivity index is 1.61. The Morgan fingerprint density at radius 2 is 2.17 bits per heavy atom. The zero-order valence-corrected chi connectivity index (χ0v) is 12.2. The predicted octanol–water partition coefficient (Wildman–Crippen LogP) is 3.02. The zero-order valence-electron chi connectivity index (χ0n) is 11.4. The van der Waals surface area contributed by atoms with Gasteiger partial charge in [0.2, 0.25) is 0 Å². The minimum absolute atomic E-state index is 0.711. The van der Waals surface area contributed by atoms with Crippen LogP contribution in [0.15, 0.2) is 6.20 Å². The second-order valence-electron chi connectivity index (χ2n) is 6.04. The Hall–Kier alpha value is -0.610. The van der Waals surface area contributed by atoms with Gasteiger partial charge in [-0.15, -0.1) is 11.3 Å². The molecule has 2 saturated carbocycles. The van der Waals surface area contributed by atoms with E-state index in [0.29, 0.717) is 5.92 Å². The van der Waals surface area contributed by atoms with Crippen LogP contribution < -0.4 is 10.2 Å². The highest BCUT2D eigenvalue weighted by atomic mass is 32.1. The summed E-state index contributed by atoms with van der Waals surface area (Å²) >= 11 is 1.87. The molecule has 3 nitrogen and oxygen atoms in total. The molecule has 0 atom stereocenters. The van der Waals surface area contributed by atoms with Crippen molar-refractivity contribution in [1.29, 1.82) is 0 Å². The molecule has 100 valence electrons. The van der Waals surface area contributed by atoms with E-state index in [-0.39, 0.29) is 0 Å². The SMILES string of the molecule is CC(C)CN(c1ncc(CNC2CC2)s1)C1CC1. The molecule has 0 aromatic carbocycles. The number of hydrogen-bond donors (Lipinski definition) is 1. The third-order valence-electron chi connectivity index (χ3n) is 3.48. The van der Waals surface area contributed by atoms with E-state index in [1.807, 2.05) is 11.3 Å². The highest BCUT2D eigenvalue weighted by Crippen LogP contribution is 2.34. The largest absolute Gasteiger partial charge is 0.345 e. The molecule has 1 aromatic heterocycles. The van der Waals surface area contributed by atoms with E-state index in [0.717, 1.165) is 25.2 Å². The summed E-state index contributed by atoms with van der Waals surface area (Å²) in [7, 11) is 0. The van der Waals surface area contributed by atoms with Crippen molar-refractivity contribution < 1.29 is 0 Å². The van der Waals surface area contributed by atoms with Crippen molar-refractivity contribution in [2.45, 2.75) is 58.2 Å². The Kier molecular flexibility index (Phi) is 3.57. The van der Waals surface area contributed by atoms with Crippen LogP contribution in [0.5, 0.6) is 0 Å². The molecule has 1 N–H and O–H groups in total. The molecule has 2 fully saturated rings. The van der Waals surface area contributed by atoms with Crippen molar-refractivity contribution in [3.8, 4) is 0 Å². The van der Waals surface area contributed by atoms with E-state index in [9.17, 15) is 0 Å². The number of anilines is 1. The third-order valence-corrected chi connectivity index (χ3v) is 4.51. The maximum atomic E-state index is 4.63. The zero-order chi connectivity index (χ0) is 12.5. The minimum Gasteiger partial charge on any atom is -0.345 e. The molecular weight excluding hydrogens is 242 g/mol. The van der Waals surface area contributed by atoms with Crippen molar-refractivity contribution in [3.63, 3.8) is 0 Å². The predicted molar refractivity (Wildman–Crippen MR) is 77.2 cm³/mol. The first-order chi connectivity index (χ1) is 8.72. The summed E-state index contributed by atoms with van der Waals surface area (Å²) in [6.45, 7) is 6.73. The first kappa shape index (κ1) is 12.4. The average molecular weight is 265 g/mol. The number of thiazole rings is 1. The Morgan fingerprint density at radius 3 is 2.78 bits per heavy atom. The quantitative estimate of drug-likeness (QED) is 0.821. The van der Waals surface area contributed by atoms with Gasteiger partial charge < -0.3 is 10.2 Å². The Bertz CT molecular complexity index is 393. The molecule has 0 aliphatic heterocycles. The van der Waals surface area contributed by atoms with Crippen LogP contribution in [-0.2, 0) is 6.54 Å². The minimum atomic E-state index is 0.711. The Labute approximate surface area is 114 Å². The molecule has 2 aliphatic carbocycles. The lowest BCUT2D eigenvalue weighted by atomic mass is 10.2. The molecule has 0 bridgehead atoms. The van der Waals surface area contributed by atoms with Crippen LogP contribution in [0, 0.1) is 5.92 Å². The van der Waals surface area contributed by atoms with E-state index in [4.69, 9.17) is 0 Å². The molecule has 0 saturated heterocycles. The van der Waals surface area contributed by atoms with Crippen LogP contribution in [0.25, 0.3) is 0 Å². The summed E-state index contributed by atoms with van der Waals surface area (Å²) in [5, 5.41) is 4.80. The lowest BCUT2D eigenvalue weighted by Gasteiger charge is -2.23. The lowest BCUT2D eigenvalue weighted by Crippen LogP contribution is -2.29. The van der Waals surface area contributed by atoms with E-state index in [1.54, 1.807) is 0 Å². The van der Waals surface area contributed by atoms with Gasteiger partial charge >= 0.3 is 0 Å². The second kappa shape index (κ2) is 5.17. The standard InChI is InChI=1S/C14H23N3S/c1-10(2)9-17(12-5-6-12)14-16-8-13(18-14)7-15-11-3-4-11/h8,10-12,15H,3-7,9H2,1-2H3. The molecule has 1 aromatic rings. The van der Waals surface area contributed by atoms with E-state index < -0.39 is 0 Å². The average Bonchev–Trinajstić information content (AvgIpc) is 3.23. The van der Waals surface area contributed by atoms with Gasteiger partial charge in [-0.25, -0.2) is 4.98 Å². The molecule has 0 spiro atoms. The number of rotatable bonds is 7. The maximum absolute atomic E-state index is 4.63. The third kappa shape index (κ3) is 3.23. The van der Waals surface area contributed by atoms with Crippen LogP contribution >= 0.6 is 11.3 Å². The molecule has 0 radical (unpaired) electrons. The maximum Gasteiger partial charge on any atom is 0.185 e. The van der Waals surface area contributed by atoms with Gasteiger partial charge in [0.15, 0.2) is 5.13 Å². The van der Waals surface area contributed by atoms with E-state index in [2.05, 4.69) is 35.2 Å². The molecule has 3 rings (SSSR count). The van der Waals surface area contributed by atoms with Gasteiger partial charge in [0.05, 0.1) is 0 Å². The fourth-order valence-electron chi connectivity index (χ4n) is 2.21. The molecule has 4 heteroatoms. The van der Waals surface area contributed by atoms with Crippen molar-refractivity contribution in [3.05, 3.63) is 11.1 Å². The molecule has 2 aliphatic rings.